The number of hydrogen-bond acceptors (Lipinski definition) is 5. The zero-order chi connectivity index (χ0) is 18.4. The topological polar surface area (TPSA) is 75.3 Å². The fraction of sp³-hybridized carbons (Fsp3) is 0.0556. The Morgan fingerprint density at radius 1 is 1.08 bits per heavy atom. The monoisotopic (exact) mass is 384 g/mol. The van der Waals surface area contributed by atoms with E-state index in [4.69, 9.17) is 17.0 Å². The summed E-state index contributed by atoms with van der Waals surface area (Å²) in [5, 5.41) is 5.76. The van der Waals surface area contributed by atoms with Gasteiger partial charge in [0.05, 0.1) is 18.4 Å². The van der Waals surface area contributed by atoms with Crippen molar-refractivity contribution in [2.75, 3.05) is 12.4 Å². The number of carbonyl (C=O) groups is 1. The Kier molecular flexibility index (Phi) is 5.77. The smallest absolute Gasteiger partial charge is 0.273 e. The van der Waals surface area contributed by atoms with E-state index in [2.05, 4.69) is 21.2 Å². The molecule has 0 atom stereocenters. The quantitative estimate of drug-likeness (QED) is 0.473. The number of amides is 1. The van der Waals surface area contributed by atoms with Crippen LogP contribution in [0.5, 0.6) is 5.75 Å². The summed E-state index contributed by atoms with van der Waals surface area (Å²) in [4.78, 5) is 16.7. The Morgan fingerprint density at radius 3 is 2.58 bits per heavy atom. The maximum Gasteiger partial charge on any atom is 0.273 e. The molecule has 1 aromatic heterocycles. The van der Waals surface area contributed by atoms with E-state index in [1.54, 1.807) is 24.3 Å². The molecule has 6 nitrogen and oxygen atoms in total. The summed E-state index contributed by atoms with van der Waals surface area (Å²) in [5.41, 5.74) is 7.49. The maximum absolute atomic E-state index is 12.2. The number of hydrogen-bond donors (Lipinski definition) is 3. The van der Waals surface area contributed by atoms with Crippen LogP contribution in [0.4, 0.5) is 5.13 Å². The van der Waals surface area contributed by atoms with E-state index >= 15 is 0 Å². The molecule has 1 heterocycles. The Balaban J connectivity index is 1.56. The highest BCUT2D eigenvalue weighted by molar-refractivity contribution is 7.80. The van der Waals surface area contributed by atoms with E-state index in [-0.39, 0.29) is 11.0 Å². The number of carbonyl (C=O) groups excluding carboxylic acids is 1. The van der Waals surface area contributed by atoms with Gasteiger partial charge in [-0.25, -0.2) is 4.98 Å². The molecule has 0 fully saturated rings. The van der Waals surface area contributed by atoms with Crippen LogP contribution < -0.4 is 20.9 Å². The average molecular weight is 384 g/mol. The zero-order valence-electron chi connectivity index (χ0n) is 13.9. The van der Waals surface area contributed by atoms with Crippen molar-refractivity contribution in [1.29, 1.82) is 0 Å². The molecule has 0 aliphatic carbocycles. The molecule has 2 aromatic carbocycles. The standard InChI is InChI=1S/C18H16N4O2S2/c1-24-15-10-6-5-9-13(15)16(23)21-22-17(25)20-18-19-14(11-26-18)12-7-3-2-4-8-12/h2-11H,1H3,(H,21,23)(H2,19,20,22,25). The second kappa shape index (κ2) is 8.41. The van der Waals surface area contributed by atoms with E-state index in [1.807, 2.05) is 35.7 Å². The number of thiocarbonyl (C=S) groups is 1. The molecule has 0 spiro atoms. The van der Waals surface area contributed by atoms with Crippen LogP contribution in [-0.2, 0) is 0 Å². The lowest BCUT2D eigenvalue weighted by Gasteiger charge is -2.11. The molecule has 0 saturated heterocycles. The molecule has 0 radical (unpaired) electrons. The number of para-hydroxylation sites is 1. The molecule has 3 N–H and O–H groups in total. The van der Waals surface area contributed by atoms with Crippen molar-refractivity contribution >= 4 is 39.7 Å². The van der Waals surface area contributed by atoms with Crippen molar-refractivity contribution in [3.05, 3.63) is 65.5 Å². The zero-order valence-corrected chi connectivity index (χ0v) is 15.5. The SMILES string of the molecule is COc1ccccc1C(=O)NNC(=S)Nc1nc(-c2ccccc2)cs1. The van der Waals surface area contributed by atoms with Gasteiger partial charge in [-0.2, -0.15) is 0 Å². The first-order valence-corrected chi connectivity index (χ1v) is 8.97. The van der Waals surface area contributed by atoms with Gasteiger partial charge < -0.3 is 10.1 Å². The number of benzene rings is 2. The highest BCUT2D eigenvalue weighted by Crippen LogP contribution is 2.24. The van der Waals surface area contributed by atoms with Crippen molar-refractivity contribution in [3.8, 4) is 17.0 Å². The third kappa shape index (κ3) is 4.35. The number of hydrazine groups is 1. The number of rotatable bonds is 4. The number of thiazole rings is 1. The molecule has 0 aliphatic rings. The maximum atomic E-state index is 12.2. The van der Waals surface area contributed by atoms with E-state index in [0.29, 0.717) is 16.4 Å². The highest BCUT2D eigenvalue weighted by atomic mass is 32.1. The Hall–Kier alpha value is -2.97. The number of nitrogens with zero attached hydrogens (tertiary/aromatic N) is 1. The summed E-state index contributed by atoms with van der Waals surface area (Å²) in [5.74, 6) is 0.133. The largest absolute Gasteiger partial charge is 0.496 e. The molecule has 3 aromatic rings. The summed E-state index contributed by atoms with van der Waals surface area (Å²) in [6.45, 7) is 0. The Morgan fingerprint density at radius 2 is 1.81 bits per heavy atom. The predicted octanol–water partition coefficient (Wildman–Crippen LogP) is 3.45. The molecule has 0 bridgehead atoms. The number of methoxy groups -OCH3 is 1. The average Bonchev–Trinajstić information content (AvgIpc) is 3.15. The summed E-state index contributed by atoms with van der Waals surface area (Å²) in [7, 11) is 1.51. The molecule has 3 rings (SSSR count). The van der Waals surface area contributed by atoms with Crippen LogP contribution in [0, 0.1) is 0 Å². The molecule has 8 heteroatoms. The lowest BCUT2D eigenvalue weighted by atomic mass is 10.2. The second-order valence-corrected chi connectivity index (χ2v) is 6.40. The lowest BCUT2D eigenvalue weighted by Crippen LogP contribution is -2.43. The highest BCUT2D eigenvalue weighted by Gasteiger charge is 2.12. The van der Waals surface area contributed by atoms with E-state index in [0.717, 1.165) is 11.3 Å². The number of nitrogens with one attached hydrogen (secondary N) is 3. The number of ether oxygens (including phenoxy) is 1. The first kappa shape index (κ1) is 17.8. The number of anilines is 1. The van der Waals surface area contributed by atoms with Gasteiger partial charge in [0.25, 0.3) is 5.91 Å². The van der Waals surface area contributed by atoms with Gasteiger partial charge in [0.1, 0.15) is 5.75 Å². The second-order valence-electron chi connectivity index (χ2n) is 5.14. The Labute approximate surface area is 160 Å². The summed E-state index contributed by atoms with van der Waals surface area (Å²) < 4.78 is 5.17. The van der Waals surface area contributed by atoms with Crippen molar-refractivity contribution in [2.24, 2.45) is 0 Å². The van der Waals surface area contributed by atoms with Gasteiger partial charge in [-0.05, 0) is 24.4 Å². The fourth-order valence-corrected chi connectivity index (χ4v) is 3.15. The minimum atomic E-state index is -0.351. The number of aromatic nitrogens is 1. The molecule has 0 aliphatic heterocycles. The van der Waals surface area contributed by atoms with Crippen LogP contribution in [0.2, 0.25) is 0 Å². The van der Waals surface area contributed by atoms with Gasteiger partial charge in [0, 0.05) is 10.9 Å². The van der Waals surface area contributed by atoms with Gasteiger partial charge in [-0.1, -0.05) is 42.5 Å². The van der Waals surface area contributed by atoms with Gasteiger partial charge in [0.15, 0.2) is 10.2 Å². The summed E-state index contributed by atoms with van der Waals surface area (Å²) >= 11 is 6.62. The molecule has 132 valence electrons. The van der Waals surface area contributed by atoms with Crippen molar-refractivity contribution < 1.29 is 9.53 Å². The minimum absolute atomic E-state index is 0.238. The van der Waals surface area contributed by atoms with Gasteiger partial charge >= 0.3 is 0 Å². The third-order valence-corrected chi connectivity index (χ3v) is 4.40. The van der Waals surface area contributed by atoms with Crippen LogP contribution in [0.3, 0.4) is 0 Å². The van der Waals surface area contributed by atoms with Crippen molar-refractivity contribution in [1.82, 2.24) is 15.8 Å². The summed E-state index contributed by atoms with van der Waals surface area (Å²) in [6, 6.07) is 16.8. The summed E-state index contributed by atoms with van der Waals surface area (Å²) in [6.07, 6.45) is 0. The van der Waals surface area contributed by atoms with Gasteiger partial charge in [0.2, 0.25) is 0 Å². The van der Waals surface area contributed by atoms with Gasteiger partial charge in [-0.3, -0.25) is 15.6 Å². The lowest BCUT2D eigenvalue weighted by molar-refractivity contribution is 0.0941. The van der Waals surface area contributed by atoms with E-state index in [9.17, 15) is 4.79 Å². The van der Waals surface area contributed by atoms with Crippen LogP contribution in [0.15, 0.2) is 60.0 Å². The predicted molar refractivity (Wildman–Crippen MR) is 107 cm³/mol. The minimum Gasteiger partial charge on any atom is -0.496 e. The molecular weight excluding hydrogens is 368 g/mol. The van der Waals surface area contributed by atoms with E-state index < -0.39 is 0 Å². The molecular formula is C18H16N4O2S2. The third-order valence-electron chi connectivity index (χ3n) is 3.44. The molecule has 0 unspecified atom stereocenters. The van der Waals surface area contributed by atoms with E-state index in [1.165, 1.54) is 18.4 Å². The van der Waals surface area contributed by atoms with Crippen LogP contribution in [-0.4, -0.2) is 23.1 Å². The molecule has 1 amide bonds. The van der Waals surface area contributed by atoms with Crippen LogP contribution in [0.1, 0.15) is 10.4 Å². The van der Waals surface area contributed by atoms with Crippen LogP contribution in [0.25, 0.3) is 11.3 Å². The fourth-order valence-electron chi connectivity index (χ4n) is 2.21. The Bertz CT molecular complexity index is 912. The van der Waals surface area contributed by atoms with Crippen LogP contribution >= 0.6 is 23.6 Å². The first-order valence-electron chi connectivity index (χ1n) is 7.68. The molecule has 0 saturated carbocycles. The molecule has 26 heavy (non-hydrogen) atoms. The van der Waals surface area contributed by atoms with Gasteiger partial charge in [-0.15, -0.1) is 11.3 Å². The normalized spacial score (nSPS) is 10.0. The first-order chi connectivity index (χ1) is 12.7. The van der Waals surface area contributed by atoms with Crippen molar-refractivity contribution in [3.63, 3.8) is 0 Å². The van der Waals surface area contributed by atoms with Crippen molar-refractivity contribution in [2.45, 2.75) is 0 Å².